The van der Waals surface area contributed by atoms with Crippen LogP contribution in [0.4, 0.5) is 0 Å². The first kappa shape index (κ1) is 15.6. The molecule has 0 aromatic carbocycles. The molecule has 4 aliphatic rings. The average molecular weight is 319 g/mol. The highest BCUT2D eigenvalue weighted by Crippen LogP contribution is 2.56. The van der Waals surface area contributed by atoms with E-state index in [9.17, 15) is 4.79 Å². The van der Waals surface area contributed by atoms with Gasteiger partial charge in [-0.1, -0.05) is 19.1 Å². The molecule has 2 aliphatic heterocycles. The summed E-state index contributed by atoms with van der Waals surface area (Å²) in [7, 11) is 0. The number of esters is 1. The number of ether oxygens (including phenoxy) is 2. The van der Waals surface area contributed by atoms with E-state index in [1.165, 1.54) is 24.8 Å². The molecule has 0 N–H and O–H groups in total. The fourth-order valence-electron chi connectivity index (χ4n) is 5.53. The summed E-state index contributed by atoms with van der Waals surface area (Å²) in [6, 6.07) is 0. The molecule has 2 heterocycles. The minimum atomic E-state index is 0.0411. The number of nitrogens with zero attached hydrogens (tertiary/aromatic N) is 1. The molecule has 2 saturated carbocycles. The lowest BCUT2D eigenvalue weighted by molar-refractivity contribution is -0.146. The van der Waals surface area contributed by atoms with Crippen LogP contribution in [0.15, 0.2) is 12.2 Å². The summed E-state index contributed by atoms with van der Waals surface area (Å²) < 4.78 is 11.3. The lowest BCUT2D eigenvalue weighted by atomic mass is 9.55. The Morgan fingerprint density at radius 1 is 1.35 bits per heavy atom. The molecule has 0 amide bonds. The topological polar surface area (TPSA) is 38.8 Å². The molecule has 0 aromatic heterocycles. The van der Waals surface area contributed by atoms with Gasteiger partial charge in [0.15, 0.2) is 0 Å². The van der Waals surface area contributed by atoms with Crippen molar-refractivity contribution in [3.63, 3.8) is 0 Å². The van der Waals surface area contributed by atoms with E-state index >= 15 is 0 Å². The third-order valence-electron chi connectivity index (χ3n) is 6.88. The lowest BCUT2D eigenvalue weighted by Crippen LogP contribution is -2.46. The Bertz CT molecular complexity index is 499. The van der Waals surface area contributed by atoms with Crippen LogP contribution >= 0.6 is 0 Å². The number of hydrogen-bond acceptors (Lipinski definition) is 4. The van der Waals surface area contributed by atoms with Crippen LogP contribution < -0.4 is 0 Å². The average Bonchev–Trinajstić information content (AvgIpc) is 2.81. The summed E-state index contributed by atoms with van der Waals surface area (Å²) in [5, 5.41) is 0. The van der Waals surface area contributed by atoms with Gasteiger partial charge in [0.2, 0.25) is 0 Å². The molecular weight excluding hydrogens is 290 g/mol. The van der Waals surface area contributed by atoms with Crippen LogP contribution in [0, 0.1) is 23.2 Å². The van der Waals surface area contributed by atoms with Crippen LogP contribution in [0.5, 0.6) is 0 Å². The van der Waals surface area contributed by atoms with Crippen LogP contribution in [-0.2, 0) is 14.3 Å². The van der Waals surface area contributed by atoms with Crippen LogP contribution in [0.2, 0.25) is 0 Å². The van der Waals surface area contributed by atoms with Crippen molar-refractivity contribution < 1.29 is 14.3 Å². The molecule has 128 valence electrons. The smallest absolute Gasteiger partial charge is 0.310 e. The van der Waals surface area contributed by atoms with E-state index in [0.29, 0.717) is 17.3 Å². The minimum Gasteiger partial charge on any atom is -0.462 e. The zero-order valence-electron chi connectivity index (χ0n) is 14.3. The van der Waals surface area contributed by atoms with E-state index in [2.05, 4.69) is 18.4 Å². The summed E-state index contributed by atoms with van der Waals surface area (Å²) in [5.41, 5.74) is 1.71. The van der Waals surface area contributed by atoms with Gasteiger partial charge >= 0.3 is 5.97 Å². The first-order valence-electron chi connectivity index (χ1n) is 9.25. The third-order valence-corrected chi connectivity index (χ3v) is 6.88. The monoisotopic (exact) mass is 319 g/mol. The normalized spacial score (nSPS) is 44.6. The van der Waals surface area contributed by atoms with E-state index in [1.54, 1.807) is 0 Å². The molecule has 2 saturated heterocycles. The predicted molar refractivity (Wildman–Crippen MR) is 87.9 cm³/mol. The quantitative estimate of drug-likeness (QED) is 0.579. The van der Waals surface area contributed by atoms with Gasteiger partial charge in [0, 0.05) is 25.6 Å². The van der Waals surface area contributed by atoms with E-state index in [1.807, 2.05) is 0 Å². The van der Waals surface area contributed by atoms with Crippen LogP contribution in [0.25, 0.3) is 0 Å². The Labute approximate surface area is 139 Å². The molecular formula is C19H29NO3. The number of allylic oxidation sites excluding steroid dienone is 1. The van der Waals surface area contributed by atoms with Crippen LogP contribution in [-0.4, -0.2) is 49.8 Å². The van der Waals surface area contributed by atoms with E-state index in [-0.39, 0.29) is 18.0 Å². The van der Waals surface area contributed by atoms with Crippen molar-refractivity contribution in [3.8, 4) is 0 Å². The van der Waals surface area contributed by atoms with Gasteiger partial charge < -0.3 is 9.47 Å². The van der Waals surface area contributed by atoms with E-state index in [4.69, 9.17) is 9.47 Å². The number of rotatable bonds is 2. The third kappa shape index (κ3) is 2.74. The second-order valence-corrected chi connectivity index (χ2v) is 8.32. The zero-order chi connectivity index (χ0) is 16.0. The molecule has 2 aliphatic carbocycles. The van der Waals surface area contributed by atoms with Gasteiger partial charge in [-0.05, 0) is 43.4 Å². The van der Waals surface area contributed by atoms with Crippen molar-refractivity contribution >= 4 is 5.97 Å². The molecule has 1 unspecified atom stereocenters. The van der Waals surface area contributed by atoms with E-state index < -0.39 is 0 Å². The maximum Gasteiger partial charge on any atom is 0.310 e. The van der Waals surface area contributed by atoms with Crippen molar-refractivity contribution in [1.29, 1.82) is 0 Å². The molecule has 23 heavy (non-hydrogen) atoms. The Morgan fingerprint density at radius 3 is 2.91 bits per heavy atom. The molecule has 4 nitrogen and oxygen atoms in total. The molecule has 4 heteroatoms. The molecule has 0 aromatic rings. The van der Waals surface area contributed by atoms with Gasteiger partial charge in [-0.25, -0.2) is 0 Å². The molecule has 4 fully saturated rings. The van der Waals surface area contributed by atoms with Crippen LogP contribution in [0.1, 0.15) is 39.0 Å². The number of carbonyl (C=O) groups excluding carboxylic acids is 1. The van der Waals surface area contributed by atoms with Crippen molar-refractivity contribution in [2.45, 2.75) is 45.1 Å². The largest absolute Gasteiger partial charge is 0.462 e. The van der Waals surface area contributed by atoms with Crippen LogP contribution in [0.3, 0.4) is 0 Å². The predicted octanol–water partition coefficient (Wildman–Crippen LogP) is 2.63. The van der Waals surface area contributed by atoms with Gasteiger partial charge in [-0.15, -0.1) is 0 Å². The summed E-state index contributed by atoms with van der Waals surface area (Å²) in [4.78, 5) is 14.9. The first-order valence-corrected chi connectivity index (χ1v) is 9.25. The SMILES string of the molecule is C=C1CCC[C@]2(C)C[C@H]3OC(=O)C(CN4CCOCC4)[C@H]3C[C@@H]12. The minimum absolute atomic E-state index is 0.0411. The molecule has 5 atom stereocenters. The molecule has 0 bridgehead atoms. The van der Waals surface area contributed by atoms with Gasteiger partial charge in [-0.2, -0.15) is 0 Å². The van der Waals surface area contributed by atoms with Gasteiger partial charge in [0.25, 0.3) is 0 Å². The second-order valence-electron chi connectivity index (χ2n) is 8.32. The summed E-state index contributed by atoms with van der Waals surface area (Å²) in [6.45, 7) is 11.1. The summed E-state index contributed by atoms with van der Waals surface area (Å²) in [6.07, 6.45) is 5.94. The van der Waals surface area contributed by atoms with Crippen molar-refractivity contribution in [3.05, 3.63) is 12.2 Å². The fourth-order valence-corrected chi connectivity index (χ4v) is 5.53. The Balaban J connectivity index is 1.50. The summed E-state index contributed by atoms with van der Waals surface area (Å²) in [5.74, 6) is 1.06. The maximum atomic E-state index is 12.5. The Kier molecular flexibility index (Phi) is 4.01. The van der Waals surface area contributed by atoms with Gasteiger partial charge in [0.1, 0.15) is 6.10 Å². The van der Waals surface area contributed by atoms with Crippen molar-refractivity contribution in [2.24, 2.45) is 23.2 Å². The Hall–Kier alpha value is -0.870. The molecule has 0 radical (unpaired) electrons. The summed E-state index contributed by atoms with van der Waals surface area (Å²) >= 11 is 0. The highest BCUT2D eigenvalue weighted by molar-refractivity contribution is 5.75. The van der Waals surface area contributed by atoms with Crippen molar-refractivity contribution in [1.82, 2.24) is 4.90 Å². The highest BCUT2D eigenvalue weighted by atomic mass is 16.6. The standard InChI is InChI=1S/C19H29NO3/c1-13-4-3-5-19(2)11-17-14(10-16(13)19)15(18(21)23-17)12-20-6-8-22-9-7-20/h14-17H,1,3-12H2,2H3/t14-,15?,16+,17-,19-/m1/s1. The second kappa shape index (κ2) is 5.89. The van der Waals surface area contributed by atoms with Gasteiger partial charge in [0.05, 0.1) is 19.1 Å². The Morgan fingerprint density at radius 2 is 2.13 bits per heavy atom. The molecule has 0 spiro atoms. The molecule has 4 rings (SSSR count). The zero-order valence-corrected chi connectivity index (χ0v) is 14.3. The van der Waals surface area contributed by atoms with Gasteiger partial charge in [-0.3, -0.25) is 9.69 Å². The highest BCUT2D eigenvalue weighted by Gasteiger charge is 2.55. The van der Waals surface area contributed by atoms with Crippen molar-refractivity contribution in [2.75, 3.05) is 32.8 Å². The fraction of sp³-hybridized carbons (Fsp3) is 0.842. The number of carbonyl (C=O) groups is 1. The number of hydrogen-bond donors (Lipinski definition) is 0. The maximum absolute atomic E-state index is 12.5. The number of morpholine rings is 1. The number of fused-ring (bicyclic) bond motifs is 2. The van der Waals surface area contributed by atoms with E-state index in [0.717, 1.165) is 45.7 Å². The lowest BCUT2D eigenvalue weighted by Gasteiger charge is -2.50. The first-order chi connectivity index (χ1) is 11.1.